The van der Waals surface area contributed by atoms with E-state index in [0.717, 1.165) is 12.8 Å². The average Bonchev–Trinajstić information content (AvgIpc) is 2.16. The molecule has 0 aliphatic carbocycles. The van der Waals surface area contributed by atoms with Gasteiger partial charge in [0, 0.05) is 12.5 Å². The first-order valence-corrected chi connectivity index (χ1v) is 5.04. The summed E-state index contributed by atoms with van der Waals surface area (Å²) in [5.41, 5.74) is 5.00. The Labute approximate surface area is 89.6 Å². The van der Waals surface area contributed by atoms with E-state index < -0.39 is 0 Å². The molecule has 84 valence electrons. The average molecular weight is 211 g/mol. The number of rotatable bonds is 7. The zero-order chi connectivity index (χ0) is 11.7. The van der Waals surface area contributed by atoms with Crippen LogP contribution in [0.25, 0.3) is 0 Å². The van der Waals surface area contributed by atoms with E-state index in [1.807, 2.05) is 6.92 Å². The Morgan fingerprint density at radius 2 is 2.20 bits per heavy atom. The van der Waals surface area contributed by atoms with Crippen molar-refractivity contribution in [2.75, 3.05) is 0 Å². The molecule has 1 atom stereocenters. The molecule has 0 aromatic heterocycles. The van der Waals surface area contributed by atoms with Gasteiger partial charge in [-0.15, -0.1) is 0 Å². The van der Waals surface area contributed by atoms with Gasteiger partial charge in [-0.3, -0.25) is 9.59 Å². The van der Waals surface area contributed by atoms with E-state index in [1.165, 1.54) is 0 Å². The first-order chi connectivity index (χ1) is 7.10. The highest BCUT2D eigenvalue weighted by Crippen LogP contribution is 2.04. The quantitative estimate of drug-likeness (QED) is 0.639. The summed E-state index contributed by atoms with van der Waals surface area (Å²) in [5.74, 6) is -0.586. The summed E-state index contributed by atoms with van der Waals surface area (Å²) in [5, 5.41) is 11.0. The van der Waals surface area contributed by atoms with Crippen LogP contribution >= 0.6 is 0 Å². The van der Waals surface area contributed by atoms with Gasteiger partial charge in [0.15, 0.2) is 0 Å². The van der Waals surface area contributed by atoms with E-state index in [1.54, 1.807) is 6.07 Å². The summed E-state index contributed by atoms with van der Waals surface area (Å²) in [4.78, 5) is 21.6. The second-order valence-corrected chi connectivity index (χ2v) is 3.37. The molecular weight excluding hydrogens is 194 g/mol. The predicted molar refractivity (Wildman–Crippen MR) is 55.5 cm³/mol. The third kappa shape index (κ3) is 7.50. The van der Waals surface area contributed by atoms with Gasteiger partial charge in [0.1, 0.15) is 6.42 Å². The molecule has 5 nitrogen and oxygen atoms in total. The lowest BCUT2D eigenvalue weighted by Crippen LogP contribution is -2.34. The third-order valence-corrected chi connectivity index (χ3v) is 2.07. The van der Waals surface area contributed by atoms with Crippen molar-refractivity contribution in [2.24, 2.45) is 5.73 Å². The zero-order valence-electron chi connectivity index (χ0n) is 8.95. The highest BCUT2D eigenvalue weighted by Gasteiger charge is 2.09. The zero-order valence-corrected chi connectivity index (χ0v) is 8.95. The SMILES string of the molecule is CCC(CCCC(N)=O)NC(=O)CC#N. The van der Waals surface area contributed by atoms with Gasteiger partial charge in [0.2, 0.25) is 11.8 Å². The fourth-order valence-electron chi connectivity index (χ4n) is 1.25. The Hall–Kier alpha value is -1.57. The standard InChI is InChI=1S/C10H17N3O2/c1-2-8(4-3-5-9(12)14)13-10(15)6-7-11/h8H,2-6H2,1H3,(H2,12,14)(H,13,15). The maximum Gasteiger partial charge on any atom is 0.234 e. The van der Waals surface area contributed by atoms with Crippen molar-refractivity contribution in [3.63, 3.8) is 0 Å². The normalized spacial score (nSPS) is 11.5. The second-order valence-electron chi connectivity index (χ2n) is 3.37. The Morgan fingerprint density at radius 1 is 1.53 bits per heavy atom. The Balaban J connectivity index is 3.78. The molecule has 0 aromatic carbocycles. The van der Waals surface area contributed by atoms with Crippen molar-refractivity contribution < 1.29 is 9.59 Å². The van der Waals surface area contributed by atoms with E-state index in [9.17, 15) is 9.59 Å². The first-order valence-electron chi connectivity index (χ1n) is 5.04. The van der Waals surface area contributed by atoms with Crippen LogP contribution in [0.5, 0.6) is 0 Å². The molecular formula is C10H17N3O2. The lowest BCUT2D eigenvalue weighted by Gasteiger charge is -2.15. The lowest BCUT2D eigenvalue weighted by molar-refractivity contribution is -0.120. The third-order valence-electron chi connectivity index (χ3n) is 2.07. The molecule has 15 heavy (non-hydrogen) atoms. The molecule has 2 amide bonds. The molecule has 0 radical (unpaired) electrons. The van der Waals surface area contributed by atoms with Crippen LogP contribution < -0.4 is 11.1 Å². The summed E-state index contributed by atoms with van der Waals surface area (Å²) in [7, 11) is 0. The topological polar surface area (TPSA) is 96.0 Å². The minimum atomic E-state index is -0.326. The van der Waals surface area contributed by atoms with Crippen molar-refractivity contribution in [3.05, 3.63) is 0 Å². The molecule has 3 N–H and O–H groups in total. The number of hydrogen-bond acceptors (Lipinski definition) is 3. The number of nitrogens with zero attached hydrogens (tertiary/aromatic N) is 1. The largest absolute Gasteiger partial charge is 0.370 e. The minimum Gasteiger partial charge on any atom is -0.370 e. The van der Waals surface area contributed by atoms with Gasteiger partial charge in [-0.25, -0.2) is 0 Å². The molecule has 0 heterocycles. The summed E-state index contributed by atoms with van der Waals surface area (Å²) >= 11 is 0. The molecule has 1 unspecified atom stereocenters. The fourth-order valence-corrected chi connectivity index (χ4v) is 1.25. The molecule has 5 heteroatoms. The molecule has 0 rings (SSSR count). The number of hydrogen-bond donors (Lipinski definition) is 2. The van der Waals surface area contributed by atoms with Crippen LogP contribution in [0.4, 0.5) is 0 Å². The summed E-state index contributed by atoms with van der Waals surface area (Å²) in [6, 6.07) is 1.82. The molecule has 0 bridgehead atoms. The maximum atomic E-state index is 11.1. The Kier molecular flexibility index (Phi) is 6.98. The smallest absolute Gasteiger partial charge is 0.234 e. The monoisotopic (exact) mass is 211 g/mol. The van der Waals surface area contributed by atoms with Crippen LogP contribution in [-0.4, -0.2) is 17.9 Å². The number of amides is 2. The van der Waals surface area contributed by atoms with Crippen molar-refractivity contribution >= 4 is 11.8 Å². The van der Waals surface area contributed by atoms with Gasteiger partial charge in [-0.1, -0.05) is 6.92 Å². The molecule has 0 aliphatic rings. The van der Waals surface area contributed by atoms with Gasteiger partial charge in [0.05, 0.1) is 6.07 Å². The van der Waals surface area contributed by atoms with E-state index in [2.05, 4.69) is 5.32 Å². The lowest BCUT2D eigenvalue weighted by atomic mass is 10.1. The van der Waals surface area contributed by atoms with Crippen LogP contribution in [0.15, 0.2) is 0 Å². The van der Waals surface area contributed by atoms with Crippen LogP contribution in [0.1, 0.15) is 39.0 Å². The van der Waals surface area contributed by atoms with Crippen molar-refractivity contribution in [1.82, 2.24) is 5.32 Å². The number of carbonyl (C=O) groups is 2. The van der Waals surface area contributed by atoms with Crippen LogP contribution in [0, 0.1) is 11.3 Å². The van der Waals surface area contributed by atoms with E-state index in [-0.39, 0.29) is 24.3 Å². The first kappa shape index (κ1) is 13.4. The predicted octanol–water partition coefficient (Wildman–Crippen LogP) is 0.450. The van der Waals surface area contributed by atoms with Crippen LogP contribution in [0.2, 0.25) is 0 Å². The fraction of sp³-hybridized carbons (Fsp3) is 0.700. The molecule has 0 aliphatic heterocycles. The summed E-state index contributed by atoms with van der Waals surface area (Å²) in [6.45, 7) is 1.95. The van der Waals surface area contributed by atoms with Crippen LogP contribution in [0.3, 0.4) is 0 Å². The second kappa shape index (κ2) is 7.80. The van der Waals surface area contributed by atoms with E-state index in [0.29, 0.717) is 12.8 Å². The van der Waals surface area contributed by atoms with Crippen molar-refractivity contribution in [2.45, 2.75) is 45.1 Å². The van der Waals surface area contributed by atoms with E-state index >= 15 is 0 Å². The summed E-state index contributed by atoms with van der Waals surface area (Å²) < 4.78 is 0. The van der Waals surface area contributed by atoms with Crippen LogP contribution in [-0.2, 0) is 9.59 Å². The number of nitriles is 1. The number of nitrogens with one attached hydrogen (secondary N) is 1. The van der Waals surface area contributed by atoms with Crippen molar-refractivity contribution in [1.29, 1.82) is 5.26 Å². The Morgan fingerprint density at radius 3 is 2.67 bits per heavy atom. The molecule has 0 spiro atoms. The Bertz CT molecular complexity index is 258. The van der Waals surface area contributed by atoms with Gasteiger partial charge in [-0.2, -0.15) is 5.26 Å². The number of nitrogens with two attached hydrogens (primary N) is 1. The van der Waals surface area contributed by atoms with Crippen molar-refractivity contribution in [3.8, 4) is 6.07 Å². The van der Waals surface area contributed by atoms with Gasteiger partial charge >= 0.3 is 0 Å². The van der Waals surface area contributed by atoms with Gasteiger partial charge in [0.25, 0.3) is 0 Å². The van der Waals surface area contributed by atoms with Gasteiger partial charge < -0.3 is 11.1 Å². The highest BCUT2D eigenvalue weighted by atomic mass is 16.2. The number of carbonyl (C=O) groups excluding carboxylic acids is 2. The molecule has 0 aromatic rings. The minimum absolute atomic E-state index is 0.0326. The van der Waals surface area contributed by atoms with Gasteiger partial charge in [-0.05, 0) is 19.3 Å². The summed E-state index contributed by atoms with van der Waals surface area (Å²) in [6.07, 6.45) is 2.39. The maximum absolute atomic E-state index is 11.1. The molecule has 0 saturated heterocycles. The van der Waals surface area contributed by atoms with E-state index in [4.69, 9.17) is 11.0 Å². The number of primary amides is 1. The molecule has 0 saturated carbocycles. The molecule has 0 fully saturated rings. The highest BCUT2D eigenvalue weighted by molar-refractivity contribution is 5.78.